The summed E-state index contributed by atoms with van der Waals surface area (Å²) in [6, 6.07) is 5.04. The van der Waals surface area contributed by atoms with E-state index < -0.39 is 5.25 Å². The van der Waals surface area contributed by atoms with Crippen molar-refractivity contribution in [3.63, 3.8) is 0 Å². The molecule has 1 aromatic carbocycles. The number of aryl methyl sites for hydroxylation is 2. The fraction of sp³-hybridized carbons (Fsp3) is 0.391. The zero-order valence-electron chi connectivity index (χ0n) is 17.9. The van der Waals surface area contributed by atoms with Crippen LogP contribution in [0.1, 0.15) is 47.5 Å². The van der Waals surface area contributed by atoms with Crippen molar-refractivity contribution in [2.45, 2.75) is 56.5 Å². The number of ether oxygens (including phenoxy) is 1. The number of hydrogen-bond donors (Lipinski definition) is 1. The summed E-state index contributed by atoms with van der Waals surface area (Å²) >= 11 is 2.92. The molecule has 0 radical (unpaired) electrons. The number of thioether (sulfide) groups is 1. The molecule has 0 fully saturated rings. The smallest absolute Gasteiger partial charge is 0.263 e. The minimum Gasteiger partial charge on any atom is -0.482 e. The van der Waals surface area contributed by atoms with Crippen LogP contribution in [0.15, 0.2) is 28.2 Å². The van der Waals surface area contributed by atoms with E-state index in [9.17, 15) is 14.4 Å². The van der Waals surface area contributed by atoms with E-state index in [4.69, 9.17) is 9.72 Å². The molecule has 1 amide bonds. The first kappa shape index (κ1) is 21.2. The first-order valence-electron chi connectivity index (χ1n) is 10.8. The molecule has 9 heteroatoms. The molecule has 0 saturated heterocycles. The predicted molar refractivity (Wildman–Crippen MR) is 126 cm³/mol. The van der Waals surface area contributed by atoms with Gasteiger partial charge in [-0.2, -0.15) is 0 Å². The van der Waals surface area contributed by atoms with E-state index in [1.807, 2.05) is 13.8 Å². The van der Waals surface area contributed by atoms with Gasteiger partial charge in [-0.25, -0.2) is 4.98 Å². The summed E-state index contributed by atoms with van der Waals surface area (Å²) < 4.78 is 7.05. The third-order valence-electron chi connectivity index (χ3n) is 5.90. The van der Waals surface area contributed by atoms with Crippen LogP contribution < -0.4 is 15.6 Å². The summed E-state index contributed by atoms with van der Waals surface area (Å²) in [5, 5.41) is 3.61. The average Bonchev–Trinajstić information content (AvgIpc) is 3.16. The van der Waals surface area contributed by atoms with E-state index in [0.29, 0.717) is 28.7 Å². The maximum Gasteiger partial charge on any atom is 0.263 e. The Morgan fingerprint density at radius 2 is 2.12 bits per heavy atom. The number of fused-ring (bicyclic) bond motifs is 4. The average molecular weight is 470 g/mol. The third-order valence-corrected chi connectivity index (χ3v) is 8.18. The number of nitrogens with zero attached hydrogens (tertiary/aromatic N) is 2. The Morgan fingerprint density at radius 1 is 1.31 bits per heavy atom. The van der Waals surface area contributed by atoms with Gasteiger partial charge in [0.25, 0.3) is 11.5 Å². The molecular formula is C23H23N3O4S2. The molecule has 32 heavy (non-hydrogen) atoms. The maximum atomic E-state index is 13.3. The molecule has 1 aliphatic heterocycles. The van der Waals surface area contributed by atoms with Gasteiger partial charge in [0.05, 0.1) is 16.3 Å². The molecular weight excluding hydrogens is 446 g/mol. The largest absolute Gasteiger partial charge is 0.482 e. The monoisotopic (exact) mass is 469 g/mol. The molecule has 7 nitrogen and oxygen atoms in total. The van der Waals surface area contributed by atoms with Gasteiger partial charge in [0.1, 0.15) is 10.6 Å². The highest BCUT2D eigenvalue weighted by Crippen LogP contribution is 2.36. The molecule has 2 aromatic heterocycles. The zero-order chi connectivity index (χ0) is 22.4. The minimum atomic E-state index is -0.454. The molecule has 0 saturated carbocycles. The normalized spacial score (nSPS) is 16.1. The second-order valence-corrected chi connectivity index (χ2v) is 10.4. The van der Waals surface area contributed by atoms with E-state index >= 15 is 0 Å². The Bertz CT molecular complexity index is 1310. The van der Waals surface area contributed by atoms with Crippen LogP contribution in [0.25, 0.3) is 10.2 Å². The van der Waals surface area contributed by atoms with Crippen LogP contribution in [0.3, 0.4) is 0 Å². The Labute approximate surface area is 193 Å². The third kappa shape index (κ3) is 3.63. The first-order valence-corrected chi connectivity index (χ1v) is 12.5. The molecule has 5 rings (SSSR count). The van der Waals surface area contributed by atoms with Gasteiger partial charge >= 0.3 is 0 Å². The van der Waals surface area contributed by atoms with Gasteiger partial charge < -0.3 is 10.1 Å². The van der Waals surface area contributed by atoms with E-state index in [-0.39, 0.29) is 23.9 Å². The highest BCUT2D eigenvalue weighted by molar-refractivity contribution is 8.00. The van der Waals surface area contributed by atoms with Crippen LogP contribution in [-0.2, 0) is 24.2 Å². The van der Waals surface area contributed by atoms with Gasteiger partial charge in [-0.1, -0.05) is 11.8 Å². The predicted octanol–water partition coefficient (Wildman–Crippen LogP) is 4.05. The van der Waals surface area contributed by atoms with Gasteiger partial charge in [0.2, 0.25) is 0 Å². The number of rotatable bonds is 5. The fourth-order valence-electron chi connectivity index (χ4n) is 4.27. The molecule has 2 aliphatic rings. The van der Waals surface area contributed by atoms with Crippen molar-refractivity contribution < 1.29 is 14.3 Å². The summed E-state index contributed by atoms with van der Waals surface area (Å²) in [4.78, 5) is 44.9. The van der Waals surface area contributed by atoms with E-state index in [2.05, 4.69) is 5.32 Å². The van der Waals surface area contributed by atoms with Gasteiger partial charge in [0, 0.05) is 17.0 Å². The SMILES string of the molecule is CCn1c(SC(C)C(=O)c2ccc3c(c2)NC(=O)CO3)nc2sc3c(c2c1=O)CCCC3. The number of benzene rings is 1. The zero-order valence-corrected chi connectivity index (χ0v) is 19.5. The maximum absolute atomic E-state index is 13.3. The topological polar surface area (TPSA) is 90.3 Å². The van der Waals surface area contributed by atoms with Crippen molar-refractivity contribution in [2.24, 2.45) is 0 Å². The van der Waals surface area contributed by atoms with Crippen molar-refractivity contribution in [3.05, 3.63) is 44.6 Å². The summed E-state index contributed by atoms with van der Waals surface area (Å²) in [5.74, 6) is 0.211. The lowest BCUT2D eigenvalue weighted by atomic mass is 9.97. The number of ketones is 1. The molecule has 1 aliphatic carbocycles. The van der Waals surface area contributed by atoms with Gasteiger partial charge in [-0.3, -0.25) is 19.0 Å². The number of anilines is 1. The number of nitrogens with one attached hydrogen (secondary N) is 1. The van der Waals surface area contributed by atoms with Crippen molar-refractivity contribution in [3.8, 4) is 5.75 Å². The molecule has 3 aromatic rings. The quantitative estimate of drug-likeness (QED) is 0.344. The number of hydrogen-bond acceptors (Lipinski definition) is 7. The Morgan fingerprint density at radius 3 is 2.94 bits per heavy atom. The standard InChI is InChI=1S/C23H23N3O4S2/c1-3-26-22(29)19-14-6-4-5-7-17(14)32-21(19)25-23(26)31-12(2)20(28)13-8-9-16-15(10-13)24-18(27)11-30-16/h8-10,12H,3-7,11H2,1-2H3,(H,24,27). The highest BCUT2D eigenvalue weighted by Gasteiger charge is 2.25. The summed E-state index contributed by atoms with van der Waals surface area (Å²) in [5.41, 5.74) is 2.15. The number of carbonyl (C=O) groups is 2. The van der Waals surface area contributed by atoms with Crippen molar-refractivity contribution in [1.29, 1.82) is 0 Å². The van der Waals surface area contributed by atoms with Crippen LogP contribution in [0.4, 0.5) is 5.69 Å². The van der Waals surface area contributed by atoms with E-state index in [0.717, 1.165) is 35.9 Å². The number of carbonyl (C=O) groups excluding carboxylic acids is 2. The van der Waals surface area contributed by atoms with E-state index in [1.54, 1.807) is 34.1 Å². The van der Waals surface area contributed by atoms with Crippen LogP contribution in [0.5, 0.6) is 5.75 Å². The summed E-state index contributed by atoms with van der Waals surface area (Å²) in [6.07, 6.45) is 4.22. The Kier molecular flexibility index (Phi) is 5.54. The number of thiophene rings is 1. The van der Waals surface area contributed by atoms with Crippen LogP contribution in [0.2, 0.25) is 0 Å². The lowest BCUT2D eigenvalue weighted by Gasteiger charge is -2.19. The second-order valence-electron chi connectivity index (χ2n) is 8.01. The molecule has 3 heterocycles. The lowest BCUT2D eigenvalue weighted by Crippen LogP contribution is -2.26. The summed E-state index contributed by atoms with van der Waals surface area (Å²) in [7, 11) is 0. The Hall–Kier alpha value is -2.65. The molecule has 1 N–H and O–H groups in total. The van der Waals surface area contributed by atoms with Gasteiger partial charge in [-0.05, 0) is 63.3 Å². The molecule has 1 atom stereocenters. The number of amides is 1. The van der Waals surface area contributed by atoms with Crippen molar-refractivity contribution in [2.75, 3.05) is 11.9 Å². The van der Waals surface area contributed by atoms with Crippen LogP contribution in [-0.4, -0.2) is 33.1 Å². The van der Waals surface area contributed by atoms with Crippen LogP contribution in [0, 0.1) is 0 Å². The van der Waals surface area contributed by atoms with E-state index in [1.165, 1.54) is 22.2 Å². The van der Waals surface area contributed by atoms with Crippen molar-refractivity contribution in [1.82, 2.24) is 9.55 Å². The summed E-state index contributed by atoms with van der Waals surface area (Å²) in [6.45, 7) is 4.22. The number of Topliss-reactive ketones (excluding diaryl/α,β-unsaturated/α-hetero) is 1. The highest BCUT2D eigenvalue weighted by atomic mass is 32.2. The lowest BCUT2D eigenvalue weighted by molar-refractivity contribution is -0.118. The first-order chi connectivity index (χ1) is 15.5. The fourth-order valence-corrected chi connectivity index (χ4v) is 6.62. The Balaban J connectivity index is 1.46. The molecule has 0 bridgehead atoms. The van der Waals surface area contributed by atoms with Crippen molar-refractivity contribution >= 4 is 50.7 Å². The van der Waals surface area contributed by atoms with Crippen LogP contribution >= 0.6 is 23.1 Å². The van der Waals surface area contributed by atoms with Gasteiger partial charge in [-0.15, -0.1) is 11.3 Å². The minimum absolute atomic E-state index is 0.00677. The molecule has 0 spiro atoms. The number of aromatic nitrogens is 2. The second kappa shape index (κ2) is 8.37. The van der Waals surface area contributed by atoms with Gasteiger partial charge in [0.15, 0.2) is 17.5 Å². The molecule has 1 unspecified atom stereocenters. The molecule has 166 valence electrons.